The summed E-state index contributed by atoms with van der Waals surface area (Å²) < 4.78 is 0. The van der Waals surface area contributed by atoms with Crippen LogP contribution in [0.25, 0.3) is 0 Å². The van der Waals surface area contributed by atoms with Crippen molar-refractivity contribution in [1.29, 1.82) is 0 Å². The van der Waals surface area contributed by atoms with E-state index in [4.69, 9.17) is 0 Å². The molecule has 12 heavy (non-hydrogen) atoms. The highest BCUT2D eigenvalue weighted by atomic mass is 32.1. The summed E-state index contributed by atoms with van der Waals surface area (Å²) in [6.45, 7) is 7.84. The highest BCUT2D eigenvalue weighted by molar-refractivity contribution is 7.12. The summed E-state index contributed by atoms with van der Waals surface area (Å²) >= 11 is 1.53. The molecule has 0 unspecified atom stereocenters. The van der Waals surface area contributed by atoms with Crippen LogP contribution in [0.2, 0.25) is 0 Å². The quantitative estimate of drug-likeness (QED) is 0.609. The van der Waals surface area contributed by atoms with Crippen LogP contribution in [0.4, 0.5) is 0 Å². The van der Waals surface area contributed by atoms with Crippen LogP contribution >= 0.6 is 11.3 Å². The van der Waals surface area contributed by atoms with Gasteiger partial charge in [0.1, 0.15) is 0 Å². The monoisotopic (exact) mass is 182 g/mol. The third-order valence-corrected chi connectivity index (χ3v) is 2.76. The van der Waals surface area contributed by atoms with Crippen molar-refractivity contribution in [2.24, 2.45) is 5.41 Å². The Morgan fingerprint density at radius 2 is 2.00 bits per heavy atom. The largest absolute Gasteiger partial charge is 0.293 e. The zero-order valence-electron chi connectivity index (χ0n) is 7.97. The van der Waals surface area contributed by atoms with Gasteiger partial charge in [-0.15, -0.1) is 11.3 Å². The van der Waals surface area contributed by atoms with Crippen LogP contribution in [0.5, 0.6) is 0 Å². The normalized spacial score (nSPS) is 11.7. The molecule has 2 heteroatoms. The van der Waals surface area contributed by atoms with Gasteiger partial charge in [-0.05, 0) is 23.9 Å². The highest BCUT2D eigenvalue weighted by Gasteiger charge is 2.24. The van der Waals surface area contributed by atoms with Crippen LogP contribution in [0, 0.1) is 12.3 Å². The fourth-order valence-corrected chi connectivity index (χ4v) is 2.02. The molecule has 0 aliphatic heterocycles. The van der Waals surface area contributed by atoms with Crippen molar-refractivity contribution in [3.63, 3.8) is 0 Å². The van der Waals surface area contributed by atoms with Crippen LogP contribution in [0.3, 0.4) is 0 Å². The maximum absolute atomic E-state index is 11.8. The predicted octanol–water partition coefficient (Wildman–Crippen LogP) is 3.29. The number of carbonyl (C=O) groups excluding carboxylic acids is 1. The number of carbonyl (C=O) groups is 1. The Labute approximate surface area is 77.4 Å². The minimum Gasteiger partial charge on any atom is -0.293 e. The summed E-state index contributed by atoms with van der Waals surface area (Å²) in [7, 11) is 0. The third kappa shape index (κ3) is 1.75. The molecule has 0 aromatic carbocycles. The molecular formula is C10H14OS. The SMILES string of the molecule is Cc1ccsc1C(=O)C(C)(C)C. The van der Waals surface area contributed by atoms with Gasteiger partial charge >= 0.3 is 0 Å². The molecule has 0 aliphatic rings. The lowest BCUT2D eigenvalue weighted by molar-refractivity contribution is 0.0862. The van der Waals surface area contributed by atoms with E-state index in [0.717, 1.165) is 10.4 Å². The maximum Gasteiger partial charge on any atom is 0.178 e. The topological polar surface area (TPSA) is 17.1 Å². The van der Waals surface area contributed by atoms with Crippen LogP contribution in [0.1, 0.15) is 36.0 Å². The average molecular weight is 182 g/mol. The van der Waals surface area contributed by atoms with Gasteiger partial charge in [-0.25, -0.2) is 0 Å². The van der Waals surface area contributed by atoms with E-state index in [9.17, 15) is 4.79 Å². The van der Waals surface area contributed by atoms with Gasteiger partial charge in [0.25, 0.3) is 0 Å². The average Bonchev–Trinajstić information content (AvgIpc) is 2.31. The zero-order valence-corrected chi connectivity index (χ0v) is 8.79. The molecule has 1 rings (SSSR count). The van der Waals surface area contributed by atoms with E-state index in [1.807, 2.05) is 39.1 Å². The summed E-state index contributed by atoms with van der Waals surface area (Å²) in [4.78, 5) is 12.7. The zero-order chi connectivity index (χ0) is 9.35. The van der Waals surface area contributed by atoms with Gasteiger partial charge in [0.2, 0.25) is 0 Å². The first-order valence-corrected chi connectivity index (χ1v) is 4.90. The fraction of sp³-hybridized carbons (Fsp3) is 0.500. The molecule has 1 aromatic rings. The van der Waals surface area contributed by atoms with E-state index in [1.165, 1.54) is 11.3 Å². The lowest BCUT2D eigenvalue weighted by Crippen LogP contribution is -2.19. The molecule has 0 radical (unpaired) electrons. The molecule has 66 valence electrons. The third-order valence-electron chi connectivity index (χ3n) is 1.75. The minimum absolute atomic E-state index is 0.245. The molecule has 0 bridgehead atoms. The Bertz CT molecular complexity index is 291. The van der Waals surface area contributed by atoms with E-state index in [2.05, 4.69) is 0 Å². The lowest BCUT2D eigenvalue weighted by atomic mass is 9.89. The summed E-state index contributed by atoms with van der Waals surface area (Å²) in [6.07, 6.45) is 0. The second kappa shape index (κ2) is 3.02. The first-order chi connectivity index (χ1) is 5.43. The highest BCUT2D eigenvalue weighted by Crippen LogP contribution is 2.26. The molecule has 0 amide bonds. The number of thiophene rings is 1. The fourth-order valence-electron chi connectivity index (χ4n) is 0.946. The number of aryl methyl sites for hydroxylation is 1. The van der Waals surface area contributed by atoms with Crippen molar-refractivity contribution in [3.8, 4) is 0 Å². The lowest BCUT2D eigenvalue weighted by Gasteiger charge is -2.15. The van der Waals surface area contributed by atoms with Gasteiger partial charge in [-0.3, -0.25) is 4.79 Å². The number of hydrogen-bond donors (Lipinski definition) is 0. The van der Waals surface area contributed by atoms with Gasteiger partial charge in [0.05, 0.1) is 4.88 Å². The van der Waals surface area contributed by atoms with Crippen molar-refractivity contribution in [3.05, 3.63) is 21.9 Å². The second-order valence-corrected chi connectivity index (χ2v) is 4.93. The van der Waals surface area contributed by atoms with Gasteiger partial charge in [0, 0.05) is 5.41 Å². The number of Topliss-reactive ketones (excluding diaryl/α,β-unsaturated/α-hetero) is 1. The first-order valence-electron chi connectivity index (χ1n) is 4.02. The van der Waals surface area contributed by atoms with Gasteiger partial charge in [-0.2, -0.15) is 0 Å². The summed E-state index contributed by atoms with van der Waals surface area (Å²) in [6, 6.07) is 1.99. The van der Waals surface area contributed by atoms with Crippen molar-refractivity contribution in [1.82, 2.24) is 0 Å². The van der Waals surface area contributed by atoms with Gasteiger partial charge in [-0.1, -0.05) is 20.8 Å². The Morgan fingerprint density at radius 3 is 2.33 bits per heavy atom. The molecule has 0 fully saturated rings. The number of ketones is 1. The van der Waals surface area contributed by atoms with Crippen LogP contribution < -0.4 is 0 Å². The second-order valence-electron chi connectivity index (χ2n) is 4.01. The molecule has 0 aliphatic carbocycles. The van der Waals surface area contributed by atoms with E-state index in [1.54, 1.807) is 0 Å². The van der Waals surface area contributed by atoms with E-state index in [0.29, 0.717) is 0 Å². The Balaban J connectivity index is 3.01. The Hall–Kier alpha value is -0.630. The smallest absolute Gasteiger partial charge is 0.178 e. The van der Waals surface area contributed by atoms with Crippen LogP contribution in [-0.2, 0) is 0 Å². The standard InChI is InChI=1S/C10H14OS/c1-7-5-6-12-8(7)9(11)10(2,3)4/h5-6H,1-4H3. The minimum atomic E-state index is -0.254. The first kappa shape index (κ1) is 9.46. The van der Waals surface area contributed by atoms with Crippen molar-refractivity contribution < 1.29 is 4.79 Å². The van der Waals surface area contributed by atoms with Crippen molar-refractivity contribution in [2.45, 2.75) is 27.7 Å². The molecule has 0 atom stereocenters. The molecule has 0 spiro atoms. The van der Waals surface area contributed by atoms with Crippen molar-refractivity contribution >= 4 is 17.1 Å². The van der Waals surface area contributed by atoms with Gasteiger partial charge < -0.3 is 0 Å². The number of hydrogen-bond acceptors (Lipinski definition) is 2. The Morgan fingerprint density at radius 1 is 1.42 bits per heavy atom. The Kier molecular flexibility index (Phi) is 2.38. The van der Waals surface area contributed by atoms with Crippen LogP contribution in [-0.4, -0.2) is 5.78 Å². The van der Waals surface area contributed by atoms with Crippen molar-refractivity contribution in [2.75, 3.05) is 0 Å². The summed E-state index contributed by atoms with van der Waals surface area (Å²) in [5, 5.41) is 1.97. The van der Waals surface area contributed by atoms with E-state index >= 15 is 0 Å². The maximum atomic E-state index is 11.8. The molecule has 1 heterocycles. The summed E-state index contributed by atoms with van der Waals surface area (Å²) in [5.74, 6) is 0.245. The van der Waals surface area contributed by atoms with Gasteiger partial charge in [0.15, 0.2) is 5.78 Å². The molecule has 1 nitrogen and oxygen atoms in total. The van der Waals surface area contributed by atoms with Crippen LogP contribution in [0.15, 0.2) is 11.4 Å². The molecule has 0 saturated carbocycles. The number of rotatable bonds is 1. The molecule has 1 aromatic heterocycles. The van der Waals surface area contributed by atoms with E-state index < -0.39 is 0 Å². The molecule has 0 N–H and O–H groups in total. The molecule has 0 saturated heterocycles. The predicted molar refractivity (Wildman–Crippen MR) is 52.8 cm³/mol. The summed E-state index contributed by atoms with van der Waals surface area (Å²) in [5.41, 5.74) is 0.843. The molecular weight excluding hydrogens is 168 g/mol. The van der Waals surface area contributed by atoms with E-state index in [-0.39, 0.29) is 11.2 Å².